The Morgan fingerprint density at radius 3 is 1.24 bits per heavy atom. The minimum Gasteiger partial charge on any atom is -0.493 e. The number of hydrogen-bond acceptors (Lipinski definition) is 7. The molecule has 0 aliphatic rings. The first-order chi connectivity index (χ1) is 33.0. The zero-order chi connectivity index (χ0) is 49.1. The third kappa shape index (κ3) is 13.6. The molecule has 11 rings (SSSR count). The summed E-state index contributed by atoms with van der Waals surface area (Å²) in [5, 5.41) is 37.2. The van der Waals surface area contributed by atoms with E-state index < -0.39 is 12.4 Å². The van der Waals surface area contributed by atoms with E-state index in [1.165, 1.54) is 4.68 Å². The molecule has 8 aromatic carbocycles. The fraction of sp³-hybridized carbons (Fsp3) is 0.0943. The summed E-state index contributed by atoms with van der Waals surface area (Å²) < 4.78 is 63.5. The molecule has 0 atom stereocenters. The molecule has 10 nitrogen and oxygen atoms in total. The maximum Gasteiger partial charge on any atom is 0.386 e. The van der Waals surface area contributed by atoms with Crippen molar-refractivity contribution in [3.63, 3.8) is 0 Å². The van der Waals surface area contributed by atoms with E-state index in [0.29, 0.717) is 16.9 Å². The van der Waals surface area contributed by atoms with Crippen LogP contribution in [0.2, 0.25) is 0 Å². The Morgan fingerprint density at radius 2 is 0.843 bits per heavy atom. The molecule has 0 saturated heterocycles. The number of carbonyl (C=O) groups is 1. The SMILES string of the molecule is CC(F)(F)F.CC(F)(F)F.Cc1nn(-c2ccccc2)c(O)c1C(=O)c1ccccc1.[Ir].[c-]1ccc2ccccc2c1-n1nc2ccccc2n1.[c-]1ccc2ccccc2c1-n1nc2ccccc2n1. The fourth-order valence-electron chi connectivity index (χ4n) is 6.81. The van der Waals surface area contributed by atoms with E-state index in [4.69, 9.17) is 0 Å². The van der Waals surface area contributed by atoms with Gasteiger partial charge in [0.1, 0.15) is 27.6 Å². The third-order valence-electron chi connectivity index (χ3n) is 9.67. The molecule has 0 bridgehead atoms. The first-order valence-electron chi connectivity index (χ1n) is 21.0. The summed E-state index contributed by atoms with van der Waals surface area (Å²) in [4.78, 5) is 15.8. The zero-order valence-corrected chi connectivity index (χ0v) is 39.7. The van der Waals surface area contributed by atoms with Gasteiger partial charge in [-0.2, -0.15) is 97.8 Å². The number of alkyl halides is 6. The van der Waals surface area contributed by atoms with E-state index in [1.807, 2.05) is 133 Å². The number of aromatic nitrogens is 8. The molecular weight excluding hydrogens is 1090 g/mol. The number of ketones is 1. The average Bonchev–Trinajstić information content (AvgIpc) is 4.06. The van der Waals surface area contributed by atoms with Gasteiger partial charge in [0, 0.05) is 39.5 Å². The Labute approximate surface area is 410 Å². The number of aryl methyl sites for hydroxylation is 1. The molecule has 17 heteroatoms. The van der Waals surface area contributed by atoms with Crippen LogP contribution in [0.1, 0.15) is 35.5 Å². The second-order valence-corrected chi connectivity index (χ2v) is 15.1. The van der Waals surface area contributed by atoms with Crippen LogP contribution in [0.4, 0.5) is 26.3 Å². The molecule has 1 radical (unpaired) electrons. The molecular formula is C53H40F6IrN8O2-2. The number of halogens is 6. The van der Waals surface area contributed by atoms with E-state index >= 15 is 0 Å². The Kier molecular flexibility index (Phi) is 16.8. The smallest absolute Gasteiger partial charge is 0.386 e. The van der Waals surface area contributed by atoms with Crippen LogP contribution in [0.25, 0.3) is 60.7 Å². The van der Waals surface area contributed by atoms with Gasteiger partial charge < -0.3 is 5.11 Å². The Bertz CT molecular complexity index is 3220. The monoisotopic (exact) mass is 1130 g/mol. The minimum absolute atomic E-state index is 0. The van der Waals surface area contributed by atoms with Crippen molar-refractivity contribution in [3.05, 3.63) is 211 Å². The van der Waals surface area contributed by atoms with Gasteiger partial charge in [-0.15, -0.1) is 33.7 Å². The van der Waals surface area contributed by atoms with Gasteiger partial charge in [-0.3, -0.25) is 4.79 Å². The Hall–Kier alpha value is -8.01. The summed E-state index contributed by atoms with van der Waals surface area (Å²) in [5.41, 5.74) is 7.33. The van der Waals surface area contributed by atoms with Crippen molar-refractivity contribution in [2.45, 2.75) is 33.1 Å². The Balaban J connectivity index is 0.000000156. The molecule has 0 spiro atoms. The zero-order valence-electron chi connectivity index (χ0n) is 37.4. The topological polar surface area (TPSA) is 117 Å². The predicted octanol–water partition coefficient (Wildman–Crippen LogP) is 13.0. The fourth-order valence-corrected chi connectivity index (χ4v) is 6.81. The number of rotatable bonds is 5. The molecule has 0 aliphatic heterocycles. The molecule has 0 fully saturated rings. The molecule has 70 heavy (non-hydrogen) atoms. The number of benzene rings is 8. The van der Waals surface area contributed by atoms with Gasteiger partial charge in [-0.25, -0.2) is 4.68 Å². The van der Waals surface area contributed by atoms with Gasteiger partial charge in [0.15, 0.2) is 5.78 Å². The van der Waals surface area contributed by atoms with Crippen LogP contribution in [-0.2, 0) is 20.1 Å². The standard InChI is InChI=1S/C17H14N2O2.2C16H10N3.2C2H3F3.Ir/c1-12-15(16(20)13-8-4-2-5-9-13)17(21)19(18-12)14-10-6-3-7-11-14;2*1-2-8-13-12(6-1)7-5-11-16(13)19-17-14-9-3-4-10-15(14)18-19;2*1-2(3,4)5;/h2-11,21H,1H3;2*1-10H;2*1H3;/q;2*-1;;;. The van der Waals surface area contributed by atoms with Crippen LogP contribution in [0, 0.1) is 19.1 Å². The van der Waals surface area contributed by atoms with Crippen molar-refractivity contribution in [2.24, 2.45) is 0 Å². The third-order valence-corrected chi connectivity index (χ3v) is 9.67. The number of nitrogens with zero attached hydrogens (tertiary/aromatic N) is 8. The van der Waals surface area contributed by atoms with Crippen LogP contribution in [-0.4, -0.2) is 63.0 Å². The molecule has 3 aromatic heterocycles. The molecule has 0 aliphatic carbocycles. The number of fused-ring (bicyclic) bond motifs is 4. The van der Waals surface area contributed by atoms with Gasteiger partial charge in [0.05, 0.1) is 11.4 Å². The summed E-state index contributed by atoms with van der Waals surface area (Å²) in [6.07, 6.45) is -8.00. The molecule has 357 valence electrons. The molecule has 1 N–H and O–H groups in total. The van der Waals surface area contributed by atoms with Crippen LogP contribution < -0.4 is 0 Å². The number of para-hydroxylation sites is 1. The van der Waals surface area contributed by atoms with Gasteiger partial charge in [-0.1, -0.05) is 109 Å². The van der Waals surface area contributed by atoms with Crippen LogP contribution in [0.15, 0.2) is 182 Å². The number of aromatic hydroxyl groups is 1. The Morgan fingerprint density at radius 1 is 0.500 bits per heavy atom. The van der Waals surface area contributed by atoms with Gasteiger partial charge >= 0.3 is 12.4 Å². The molecule has 11 aromatic rings. The maximum absolute atomic E-state index is 12.5. The second-order valence-electron chi connectivity index (χ2n) is 15.1. The predicted molar refractivity (Wildman–Crippen MR) is 254 cm³/mol. The minimum atomic E-state index is -4.00. The number of carbonyl (C=O) groups excluding carboxylic acids is 1. The summed E-state index contributed by atoms with van der Waals surface area (Å²) in [5.74, 6) is -0.361. The molecule has 3 heterocycles. The van der Waals surface area contributed by atoms with Crippen molar-refractivity contribution < 1.29 is 56.3 Å². The van der Waals surface area contributed by atoms with Crippen molar-refractivity contribution in [1.29, 1.82) is 0 Å². The van der Waals surface area contributed by atoms with Crippen molar-refractivity contribution in [3.8, 4) is 22.9 Å². The van der Waals surface area contributed by atoms with Crippen molar-refractivity contribution >= 4 is 49.4 Å². The molecule has 0 unspecified atom stereocenters. The van der Waals surface area contributed by atoms with E-state index in [9.17, 15) is 36.2 Å². The number of hydrogen-bond donors (Lipinski definition) is 1. The quantitative estimate of drug-likeness (QED) is 0.104. The van der Waals surface area contributed by atoms with Crippen LogP contribution >= 0.6 is 0 Å². The maximum atomic E-state index is 12.5. The average molecular weight is 1130 g/mol. The van der Waals surface area contributed by atoms with E-state index in [1.54, 1.807) is 40.8 Å². The molecule has 0 saturated carbocycles. The second kappa shape index (κ2) is 22.9. The van der Waals surface area contributed by atoms with Gasteiger partial charge in [0.2, 0.25) is 5.88 Å². The van der Waals surface area contributed by atoms with E-state index in [-0.39, 0.29) is 51.2 Å². The van der Waals surface area contributed by atoms with Crippen LogP contribution in [0.5, 0.6) is 5.88 Å². The normalized spacial score (nSPS) is 10.9. The van der Waals surface area contributed by atoms with E-state index in [0.717, 1.165) is 55.0 Å². The first kappa shape index (κ1) is 51.4. The van der Waals surface area contributed by atoms with Gasteiger partial charge in [0.25, 0.3) is 0 Å². The largest absolute Gasteiger partial charge is 0.493 e. The molecule has 0 amide bonds. The summed E-state index contributed by atoms with van der Waals surface area (Å²) in [6.45, 7) is 2.09. The summed E-state index contributed by atoms with van der Waals surface area (Å²) in [6, 6.07) is 64.6. The van der Waals surface area contributed by atoms with Crippen LogP contribution in [0.3, 0.4) is 0 Å². The summed E-state index contributed by atoms with van der Waals surface area (Å²) in [7, 11) is 0. The van der Waals surface area contributed by atoms with Gasteiger partial charge in [-0.05, 0) is 54.7 Å². The van der Waals surface area contributed by atoms with E-state index in [2.05, 4.69) is 61.9 Å². The van der Waals surface area contributed by atoms with Crippen molar-refractivity contribution in [1.82, 2.24) is 39.8 Å². The summed E-state index contributed by atoms with van der Waals surface area (Å²) >= 11 is 0. The first-order valence-corrected chi connectivity index (χ1v) is 21.0. The van der Waals surface area contributed by atoms with Crippen molar-refractivity contribution in [2.75, 3.05) is 0 Å².